The van der Waals surface area contributed by atoms with E-state index in [1.54, 1.807) is 25.6 Å². The van der Waals surface area contributed by atoms with Crippen LogP contribution < -0.4 is 10.0 Å². The zero-order valence-electron chi connectivity index (χ0n) is 16.3. The van der Waals surface area contributed by atoms with E-state index in [4.69, 9.17) is 0 Å². The molecular weight excluding hydrogens is 380 g/mol. The van der Waals surface area contributed by atoms with E-state index in [0.29, 0.717) is 37.2 Å². The van der Waals surface area contributed by atoms with Gasteiger partial charge in [-0.3, -0.25) is 4.79 Å². The molecule has 2 aromatic rings. The molecule has 0 saturated heterocycles. The molecule has 0 atom stereocenters. The summed E-state index contributed by atoms with van der Waals surface area (Å²) >= 11 is 0. The number of aryl methyl sites for hydroxylation is 1. The quantitative estimate of drug-likeness (QED) is 0.754. The van der Waals surface area contributed by atoms with Gasteiger partial charge in [-0.2, -0.15) is 0 Å². The molecule has 1 aromatic heterocycles. The lowest BCUT2D eigenvalue weighted by Gasteiger charge is -2.28. The van der Waals surface area contributed by atoms with Crippen LogP contribution in [0.5, 0.6) is 0 Å². The maximum atomic E-state index is 12.5. The number of carbonyl (C=O) groups is 1. The second kappa shape index (κ2) is 8.36. The lowest BCUT2D eigenvalue weighted by molar-refractivity contribution is -0.120. The molecule has 0 unspecified atom stereocenters. The van der Waals surface area contributed by atoms with Crippen LogP contribution in [-0.2, 0) is 21.9 Å². The third-order valence-electron chi connectivity index (χ3n) is 5.08. The Morgan fingerprint density at radius 2 is 1.79 bits per heavy atom. The van der Waals surface area contributed by atoms with Crippen molar-refractivity contribution >= 4 is 21.6 Å². The highest BCUT2D eigenvalue weighted by Crippen LogP contribution is 2.27. The minimum atomic E-state index is -3.28. The Kier molecular flexibility index (Phi) is 6.09. The summed E-state index contributed by atoms with van der Waals surface area (Å²) in [4.78, 5) is 12.5. The van der Waals surface area contributed by atoms with E-state index >= 15 is 0 Å². The number of hydrogen-bond acceptors (Lipinski definition) is 6. The predicted molar refractivity (Wildman–Crippen MR) is 106 cm³/mol. The van der Waals surface area contributed by atoms with Crippen molar-refractivity contribution in [2.75, 3.05) is 5.32 Å². The molecule has 2 N–H and O–H groups in total. The summed E-state index contributed by atoms with van der Waals surface area (Å²) in [5, 5.41) is 13.9. The fraction of sp³-hybridized carbons (Fsp3) is 0.556. The number of aromatic nitrogens is 4. The summed E-state index contributed by atoms with van der Waals surface area (Å²) in [5.74, 6) is 0.515. The molecule has 28 heavy (non-hydrogen) atoms. The van der Waals surface area contributed by atoms with Gasteiger partial charge in [0.1, 0.15) is 0 Å². The van der Waals surface area contributed by atoms with Crippen LogP contribution >= 0.6 is 0 Å². The highest BCUT2D eigenvalue weighted by Gasteiger charge is 2.29. The SMILES string of the molecule is CC(C)S(=O)(=O)NC1CCC(C(=O)Nc2ccc(-c3nnnn3C)cc2)CC1. The number of nitrogens with zero attached hydrogens (tertiary/aromatic N) is 4. The van der Waals surface area contributed by atoms with E-state index in [2.05, 4.69) is 25.6 Å². The Balaban J connectivity index is 1.53. The lowest BCUT2D eigenvalue weighted by atomic mass is 9.86. The van der Waals surface area contributed by atoms with Crippen molar-refractivity contribution in [1.29, 1.82) is 0 Å². The molecule has 0 spiro atoms. The normalized spacial score (nSPS) is 20.3. The van der Waals surface area contributed by atoms with Crippen molar-refractivity contribution in [2.24, 2.45) is 13.0 Å². The number of tetrazole rings is 1. The average molecular weight is 407 g/mol. The first kappa shape index (κ1) is 20.4. The molecule has 1 saturated carbocycles. The summed E-state index contributed by atoms with van der Waals surface area (Å²) in [6, 6.07) is 7.28. The standard InChI is InChI=1S/C18H26N6O3S/c1-12(2)28(26,27)21-16-10-6-14(7-11-16)18(25)19-15-8-4-13(5-9-15)17-20-22-23-24(17)3/h4-5,8-9,12,14,16,21H,6-7,10-11H2,1-3H3,(H,19,25). The van der Waals surface area contributed by atoms with Crippen LogP contribution in [0.1, 0.15) is 39.5 Å². The summed E-state index contributed by atoms with van der Waals surface area (Å²) < 4.78 is 28.3. The van der Waals surface area contributed by atoms with Gasteiger partial charge in [0.15, 0.2) is 5.82 Å². The Hall–Kier alpha value is -2.33. The van der Waals surface area contributed by atoms with Gasteiger partial charge in [-0.05, 0) is 74.2 Å². The highest BCUT2D eigenvalue weighted by atomic mass is 32.2. The van der Waals surface area contributed by atoms with Crippen LogP contribution in [0, 0.1) is 5.92 Å². The zero-order valence-corrected chi connectivity index (χ0v) is 17.1. The van der Waals surface area contributed by atoms with Crippen molar-refractivity contribution in [2.45, 2.75) is 50.8 Å². The fourth-order valence-corrected chi connectivity index (χ4v) is 4.24. The number of amides is 1. The van der Waals surface area contributed by atoms with Gasteiger partial charge in [-0.25, -0.2) is 17.8 Å². The number of nitrogens with one attached hydrogen (secondary N) is 2. The van der Waals surface area contributed by atoms with Gasteiger partial charge in [0.2, 0.25) is 15.9 Å². The number of carbonyl (C=O) groups excluding carboxylic acids is 1. The van der Waals surface area contributed by atoms with Crippen molar-refractivity contribution in [3.8, 4) is 11.4 Å². The predicted octanol–water partition coefficient (Wildman–Crippen LogP) is 1.70. The van der Waals surface area contributed by atoms with Crippen LogP contribution in [0.15, 0.2) is 24.3 Å². The third kappa shape index (κ3) is 4.74. The average Bonchev–Trinajstić information content (AvgIpc) is 3.08. The summed E-state index contributed by atoms with van der Waals surface area (Å²) in [6.07, 6.45) is 2.67. The molecule has 152 valence electrons. The Morgan fingerprint density at radius 3 is 2.32 bits per heavy atom. The smallest absolute Gasteiger partial charge is 0.227 e. The molecule has 1 amide bonds. The minimum absolute atomic E-state index is 0.0294. The summed E-state index contributed by atoms with van der Waals surface area (Å²) in [7, 11) is -1.51. The number of hydrogen-bond donors (Lipinski definition) is 2. The number of anilines is 1. The molecular formula is C18H26N6O3S. The van der Waals surface area contributed by atoms with Crippen LogP contribution in [0.3, 0.4) is 0 Å². The van der Waals surface area contributed by atoms with Crippen LogP contribution in [0.25, 0.3) is 11.4 Å². The first-order valence-electron chi connectivity index (χ1n) is 9.41. The minimum Gasteiger partial charge on any atom is -0.326 e. The summed E-state index contributed by atoms with van der Waals surface area (Å²) in [6.45, 7) is 3.32. The van der Waals surface area contributed by atoms with E-state index in [1.165, 1.54) is 0 Å². The monoisotopic (exact) mass is 406 g/mol. The van der Waals surface area contributed by atoms with Gasteiger partial charge in [0.25, 0.3) is 0 Å². The van der Waals surface area contributed by atoms with E-state index in [9.17, 15) is 13.2 Å². The highest BCUT2D eigenvalue weighted by molar-refractivity contribution is 7.90. The first-order valence-corrected chi connectivity index (χ1v) is 11.0. The van der Waals surface area contributed by atoms with Crippen LogP contribution in [0.4, 0.5) is 5.69 Å². The molecule has 9 nitrogen and oxygen atoms in total. The number of benzene rings is 1. The third-order valence-corrected chi connectivity index (χ3v) is 6.98. The van der Waals surface area contributed by atoms with Gasteiger partial charge < -0.3 is 5.32 Å². The molecule has 1 aliphatic rings. The number of sulfonamides is 1. The van der Waals surface area contributed by atoms with Gasteiger partial charge in [-0.15, -0.1) is 5.10 Å². The molecule has 1 aliphatic carbocycles. The van der Waals surface area contributed by atoms with Crippen molar-refractivity contribution in [3.05, 3.63) is 24.3 Å². The second-order valence-corrected chi connectivity index (χ2v) is 9.72. The van der Waals surface area contributed by atoms with E-state index in [-0.39, 0.29) is 17.9 Å². The van der Waals surface area contributed by atoms with Gasteiger partial charge >= 0.3 is 0 Å². The van der Waals surface area contributed by atoms with E-state index < -0.39 is 15.3 Å². The molecule has 3 rings (SSSR count). The van der Waals surface area contributed by atoms with E-state index in [1.807, 2.05) is 24.3 Å². The Morgan fingerprint density at radius 1 is 1.14 bits per heavy atom. The van der Waals surface area contributed by atoms with Crippen molar-refractivity contribution in [1.82, 2.24) is 24.9 Å². The maximum Gasteiger partial charge on any atom is 0.227 e. The van der Waals surface area contributed by atoms with Crippen molar-refractivity contribution in [3.63, 3.8) is 0 Å². The first-order chi connectivity index (χ1) is 13.3. The second-order valence-electron chi connectivity index (χ2n) is 7.45. The molecule has 0 bridgehead atoms. The van der Waals surface area contributed by atoms with Crippen LogP contribution in [-0.4, -0.2) is 45.8 Å². The van der Waals surface area contributed by atoms with E-state index in [0.717, 1.165) is 5.56 Å². The molecule has 0 radical (unpaired) electrons. The largest absolute Gasteiger partial charge is 0.326 e. The maximum absolute atomic E-state index is 12.5. The molecule has 0 aliphatic heterocycles. The van der Waals surface area contributed by atoms with Gasteiger partial charge in [-0.1, -0.05) is 0 Å². The number of rotatable bonds is 6. The zero-order chi connectivity index (χ0) is 20.3. The molecule has 1 fully saturated rings. The molecule has 10 heteroatoms. The lowest BCUT2D eigenvalue weighted by Crippen LogP contribution is -2.42. The molecule has 1 aromatic carbocycles. The topological polar surface area (TPSA) is 119 Å². The van der Waals surface area contributed by atoms with Crippen LogP contribution in [0.2, 0.25) is 0 Å². The van der Waals surface area contributed by atoms with Gasteiger partial charge in [0, 0.05) is 30.3 Å². The van der Waals surface area contributed by atoms with Gasteiger partial charge in [0.05, 0.1) is 5.25 Å². The summed E-state index contributed by atoms with van der Waals surface area (Å²) in [5.41, 5.74) is 1.58. The molecule has 1 heterocycles. The van der Waals surface area contributed by atoms with Crippen molar-refractivity contribution < 1.29 is 13.2 Å². The fourth-order valence-electron chi connectivity index (χ4n) is 3.26. The Labute approximate surface area is 165 Å². The Bertz CT molecular complexity index is 915.